The van der Waals surface area contributed by atoms with Crippen molar-refractivity contribution in [2.75, 3.05) is 6.61 Å². The molecule has 1 aromatic rings. The molecule has 0 saturated heterocycles. The Morgan fingerprint density at radius 3 is 2.40 bits per heavy atom. The SMILES string of the molecule is FC1(F)CC(COc2ccc(Br)cc2)C1. The van der Waals surface area contributed by atoms with E-state index in [1.807, 2.05) is 24.3 Å². The summed E-state index contributed by atoms with van der Waals surface area (Å²) >= 11 is 3.31. The minimum atomic E-state index is -2.45. The van der Waals surface area contributed by atoms with Crippen molar-refractivity contribution in [3.63, 3.8) is 0 Å². The molecule has 0 atom stereocenters. The first-order valence-electron chi connectivity index (χ1n) is 4.81. The molecule has 1 aliphatic rings. The number of hydrogen-bond acceptors (Lipinski definition) is 1. The minimum Gasteiger partial charge on any atom is -0.493 e. The van der Waals surface area contributed by atoms with E-state index in [2.05, 4.69) is 15.9 Å². The zero-order chi connectivity index (χ0) is 10.9. The number of alkyl halides is 2. The van der Waals surface area contributed by atoms with Gasteiger partial charge in [0, 0.05) is 23.2 Å². The number of rotatable bonds is 3. The van der Waals surface area contributed by atoms with E-state index in [-0.39, 0.29) is 18.8 Å². The quantitative estimate of drug-likeness (QED) is 0.814. The molecular weight excluding hydrogens is 266 g/mol. The number of hydrogen-bond donors (Lipinski definition) is 0. The highest BCUT2D eigenvalue weighted by atomic mass is 79.9. The average molecular weight is 277 g/mol. The summed E-state index contributed by atoms with van der Waals surface area (Å²) < 4.78 is 31.4. The Balaban J connectivity index is 1.77. The second kappa shape index (κ2) is 4.08. The van der Waals surface area contributed by atoms with Gasteiger partial charge in [-0.3, -0.25) is 0 Å². The molecule has 0 amide bonds. The summed E-state index contributed by atoms with van der Waals surface area (Å²) in [6.45, 7) is 0.386. The van der Waals surface area contributed by atoms with Gasteiger partial charge in [0.15, 0.2) is 0 Å². The van der Waals surface area contributed by atoms with Gasteiger partial charge in [0.1, 0.15) is 5.75 Å². The Kier molecular flexibility index (Phi) is 2.96. The topological polar surface area (TPSA) is 9.23 Å². The van der Waals surface area contributed by atoms with Crippen LogP contribution in [0.2, 0.25) is 0 Å². The lowest BCUT2D eigenvalue weighted by atomic mass is 9.82. The van der Waals surface area contributed by atoms with Crippen LogP contribution >= 0.6 is 15.9 Å². The molecular formula is C11H11BrF2O. The zero-order valence-electron chi connectivity index (χ0n) is 8.05. The lowest BCUT2D eigenvalue weighted by Crippen LogP contribution is -2.38. The minimum absolute atomic E-state index is 0.00338. The summed E-state index contributed by atoms with van der Waals surface area (Å²) in [5, 5.41) is 0. The van der Waals surface area contributed by atoms with Crippen molar-refractivity contribution in [2.45, 2.75) is 18.8 Å². The third-order valence-corrected chi connectivity index (χ3v) is 3.00. The average Bonchev–Trinajstić information content (AvgIpc) is 2.14. The van der Waals surface area contributed by atoms with Gasteiger partial charge in [-0.2, -0.15) is 0 Å². The Morgan fingerprint density at radius 1 is 1.27 bits per heavy atom. The Morgan fingerprint density at radius 2 is 1.87 bits per heavy atom. The third-order valence-electron chi connectivity index (χ3n) is 2.47. The van der Waals surface area contributed by atoms with Crippen molar-refractivity contribution in [3.8, 4) is 5.75 Å². The van der Waals surface area contributed by atoms with E-state index in [4.69, 9.17) is 4.74 Å². The van der Waals surface area contributed by atoms with Crippen molar-refractivity contribution in [1.82, 2.24) is 0 Å². The summed E-state index contributed by atoms with van der Waals surface area (Å²) in [5.41, 5.74) is 0. The predicted molar refractivity (Wildman–Crippen MR) is 57.3 cm³/mol. The lowest BCUT2D eigenvalue weighted by molar-refractivity contribution is -0.119. The smallest absolute Gasteiger partial charge is 0.248 e. The van der Waals surface area contributed by atoms with Gasteiger partial charge >= 0.3 is 0 Å². The highest BCUT2D eigenvalue weighted by molar-refractivity contribution is 9.10. The van der Waals surface area contributed by atoms with Crippen LogP contribution in [0.4, 0.5) is 8.78 Å². The molecule has 1 aliphatic carbocycles. The Labute approximate surface area is 95.6 Å². The number of ether oxygens (including phenoxy) is 1. The second-order valence-electron chi connectivity index (χ2n) is 3.90. The van der Waals surface area contributed by atoms with E-state index >= 15 is 0 Å². The summed E-state index contributed by atoms with van der Waals surface area (Å²) in [6.07, 6.45) is -0.0763. The largest absolute Gasteiger partial charge is 0.493 e. The molecule has 4 heteroatoms. The lowest BCUT2D eigenvalue weighted by Gasteiger charge is -2.34. The van der Waals surface area contributed by atoms with Crippen LogP contribution in [0, 0.1) is 5.92 Å². The molecule has 0 aliphatic heterocycles. The van der Waals surface area contributed by atoms with Gasteiger partial charge in [-0.05, 0) is 24.3 Å². The summed E-state index contributed by atoms with van der Waals surface area (Å²) in [4.78, 5) is 0. The summed E-state index contributed by atoms with van der Waals surface area (Å²) in [5.74, 6) is -1.72. The number of benzene rings is 1. The van der Waals surface area contributed by atoms with E-state index < -0.39 is 5.92 Å². The monoisotopic (exact) mass is 276 g/mol. The van der Waals surface area contributed by atoms with Crippen LogP contribution in [-0.4, -0.2) is 12.5 Å². The summed E-state index contributed by atoms with van der Waals surface area (Å²) in [7, 11) is 0. The molecule has 0 unspecified atom stereocenters. The highest BCUT2D eigenvalue weighted by Gasteiger charge is 2.45. The van der Waals surface area contributed by atoms with Crippen LogP contribution in [-0.2, 0) is 0 Å². The van der Waals surface area contributed by atoms with E-state index in [0.29, 0.717) is 6.61 Å². The van der Waals surface area contributed by atoms with Crippen LogP contribution in [0.3, 0.4) is 0 Å². The molecule has 1 aromatic carbocycles. The third kappa shape index (κ3) is 2.91. The Bertz CT molecular complexity index is 329. The normalized spacial score (nSPS) is 19.7. The Hall–Kier alpha value is -0.640. The van der Waals surface area contributed by atoms with Gasteiger partial charge in [0.05, 0.1) is 6.61 Å². The van der Waals surface area contributed by atoms with E-state index in [1.54, 1.807) is 0 Å². The fourth-order valence-electron chi connectivity index (χ4n) is 1.65. The second-order valence-corrected chi connectivity index (χ2v) is 4.81. The number of halogens is 3. The van der Waals surface area contributed by atoms with Crippen molar-refractivity contribution < 1.29 is 13.5 Å². The maximum Gasteiger partial charge on any atom is 0.248 e. The molecule has 0 spiro atoms. The first kappa shape index (κ1) is 10.9. The molecule has 1 saturated carbocycles. The predicted octanol–water partition coefficient (Wildman–Crippen LogP) is 3.87. The molecule has 0 heterocycles. The van der Waals surface area contributed by atoms with Gasteiger partial charge in [0.2, 0.25) is 5.92 Å². The maximum absolute atomic E-state index is 12.5. The van der Waals surface area contributed by atoms with E-state index in [9.17, 15) is 8.78 Å². The van der Waals surface area contributed by atoms with Crippen molar-refractivity contribution >= 4 is 15.9 Å². The van der Waals surface area contributed by atoms with Gasteiger partial charge < -0.3 is 4.74 Å². The zero-order valence-corrected chi connectivity index (χ0v) is 9.64. The molecule has 82 valence electrons. The van der Waals surface area contributed by atoms with Crippen LogP contribution in [0.5, 0.6) is 5.75 Å². The van der Waals surface area contributed by atoms with Crippen LogP contribution in [0.25, 0.3) is 0 Å². The van der Waals surface area contributed by atoms with Gasteiger partial charge in [-0.25, -0.2) is 8.78 Å². The molecule has 15 heavy (non-hydrogen) atoms. The standard InChI is InChI=1S/C11H11BrF2O/c12-9-1-3-10(4-2-9)15-7-8-5-11(13,14)6-8/h1-4,8H,5-7H2. The van der Waals surface area contributed by atoms with Crippen molar-refractivity contribution in [3.05, 3.63) is 28.7 Å². The van der Waals surface area contributed by atoms with Gasteiger partial charge in [0.25, 0.3) is 0 Å². The maximum atomic E-state index is 12.5. The molecule has 0 radical (unpaired) electrons. The fraction of sp³-hybridized carbons (Fsp3) is 0.455. The van der Waals surface area contributed by atoms with Crippen LogP contribution in [0.1, 0.15) is 12.8 Å². The molecule has 0 aromatic heterocycles. The molecule has 1 nitrogen and oxygen atoms in total. The van der Waals surface area contributed by atoms with Gasteiger partial charge in [-0.1, -0.05) is 15.9 Å². The van der Waals surface area contributed by atoms with Crippen LogP contribution in [0.15, 0.2) is 28.7 Å². The highest BCUT2D eigenvalue weighted by Crippen LogP contribution is 2.42. The fourth-order valence-corrected chi connectivity index (χ4v) is 1.91. The van der Waals surface area contributed by atoms with Gasteiger partial charge in [-0.15, -0.1) is 0 Å². The van der Waals surface area contributed by atoms with E-state index in [1.165, 1.54) is 0 Å². The van der Waals surface area contributed by atoms with E-state index in [0.717, 1.165) is 10.2 Å². The molecule has 0 N–H and O–H groups in total. The molecule has 2 rings (SSSR count). The summed E-state index contributed by atoms with van der Waals surface area (Å²) in [6, 6.07) is 7.37. The first-order valence-corrected chi connectivity index (χ1v) is 5.61. The molecule has 0 bridgehead atoms. The van der Waals surface area contributed by atoms with Crippen molar-refractivity contribution in [2.24, 2.45) is 5.92 Å². The first-order chi connectivity index (χ1) is 7.05. The van der Waals surface area contributed by atoms with Crippen LogP contribution < -0.4 is 4.74 Å². The molecule has 1 fully saturated rings. The van der Waals surface area contributed by atoms with Crippen molar-refractivity contribution in [1.29, 1.82) is 0 Å².